The van der Waals surface area contributed by atoms with Crippen LogP contribution in [-0.4, -0.2) is 42.1 Å². The number of benzene rings is 1. The first kappa shape index (κ1) is 17.1. The first-order valence-electron chi connectivity index (χ1n) is 10.1. The Morgan fingerprint density at radius 1 is 1.22 bits per heavy atom. The summed E-state index contributed by atoms with van der Waals surface area (Å²) in [4.78, 5) is 26.1. The highest BCUT2D eigenvalue weighted by Crippen LogP contribution is 2.59. The van der Waals surface area contributed by atoms with Crippen LogP contribution < -0.4 is 5.32 Å². The van der Waals surface area contributed by atoms with E-state index < -0.39 is 0 Å². The Labute approximate surface area is 160 Å². The van der Waals surface area contributed by atoms with Gasteiger partial charge in [-0.3, -0.25) is 4.79 Å². The van der Waals surface area contributed by atoms with Crippen molar-refractivity contribution < 1.29 is 14.3 Å². The molecule has 27 heavy (non-hydrogen) atoms. The van der Waals surface area contributed by atoms with Crippen molar-refractivity contribution in [1.29, 1.82) is 0 Å². The summed E-state index contributed by atoms with van der Waals surface area (Å²) in [6, 6.07) is 9.02. The van der Waals surface area contributed by atoms with E-state index in [1.165, 1.54) is 11.1 Å². The zero-order valence-corrected chi connectivity index (χ0v) is 16.3. The Hall–Kier alpha value is -2.04. The highest BCUT2D eigenvalue weighted by molar-refractivity contribution is 5.82. The van der Waals surface area contributed by atoms with E-state index in [9.17, 15) is 9.59 Å². The molecule has 2 heterocycles. The number of likely N-dealkylation sites (tertiary alicyclic amines) is 1. The van der Waals surface area contributed by atoms with Gasteiger partial charge >= 0.3 is 6.09 Å². The van der Waals surface area contributed by atoms with Gasteiger partial charge in [0.05, 0.1) is 5.54 Å². The minimum atomic E-state index is -0.344. The van der Waals surface area contributed by atoms with Crippen molar-refractivity contribution in [3.8, 4) is 0 Å². The summed E-state index contributed by atoms with van der Waals surface area (Å²) in [5.74, 6) is 2.18. The van der Waals surface area contributed by atoms with Crippen molar-refractivity contribution in [2.24, 2.45) is 17.8 Å². The molecule has 4 aliphatic rings. The van der Waals surface area contributed by atoms with Crippen LogP contribution in [-0.2, 0) is 14.9 Å². The largest absolute Gasteiger partial charge is 0.447 e. The molecule has 2 saturated carbocycles. The van der Waals surface area contributed by atoms with Gasteiger partial charge in [-0.25, -0.2) is 4.79 Å². The summed E-state index contributed by atoms with van der Waals surface area (Å²) < 4.78 is 5.01. The fourth-order valence-electron chi connectivity index (χ4n) is 5.44. The average Bonchev–Trinajstić information content (AvgIpc) is 2.93. The number of piperidine rings is 1. The first-order valence-corrected chi connectivity index (χ1v) is 10.1. The van der Waals surface area contributed by atoms with E-state index in [4.69, 9.17) is 4.74 Å². The van der Waals surface area contributed by atoms with Crippen LogP contribution >= 0.6 is 0 Å². The number of fused-ring (bicyclic) bond motifs is 1. The monoisotopic (exact) mass is 368 g/mol. The molecule has 144 valence electrons. The summed E-state index contributed by atoms with van der Waals surface area (Å²) in [6.45, 7) is 8.95. The third-order valence-electron chi connectivity index (χ3n) is 7.11. The van der Waals surface area contributed by atoms with Gasteiger partial charge in [0.15, 0.2) is 0 Å². The van der Waals surface area contributed by atoms with E-state index >= 15 is 0 Å². The summed E-state index contributed by atoms with van der Waals surface area (Å²) in [7, 11) is 0. The van der Waals surface area contributed by atoms with Gasteiger partial charge in [-0.1, -0.05) is 45.0 Å². The summed E-state index contributed by atoms with van der Waals surface area (Å²) in [6.07, 6.45) is 1.10. The van der Waals surface area contributed by atoms with Crippen molar-refractivity contribution in [2.75, 3.05) is 19.7 Å². The molecule has 2 saturated heterocycles. The maximum Gasteiger partial charge on any atom is 0.407 e. The van der Waals surface area contributed by atoms with Crippen molar-refractivity contribution in [2.45, 2.75) is 50.5 Å². The van der Waals surface area contributed by atoms with E-state index in [1.807, 2.05) is 0 Å². The molecule has 1 N–H and O–H groups in total. The Balaban J connectivity index is 1.18. The second-order valence-electron chi connectivity index (χ2n) is 10.1. The van der Waals surface area contributed by atoms with Gasteiger partial charge in [0.2, 0.25) is 5.91 Å². The lowest BCUT2D eigenvalue weighted by Crippen LogP contribution is -2.58. The second-order valence-corrected chi connectivity index (χ2v) is 10.1. The number of nitrogens with zero attached hydrogens (tertiary/aromatic N) is 1. The summed E-state index contributed by atoms with van der Waals surface area (Å²) >= 11 is 0. The topological polar surface area (TPSA) is 58.6 Å². The Kier molecular flexibility index (Phi) is 3.47. The molecule has 2 amide bonds. The molecule has 1 aromatic rings. The molecule has 3 atom stereocenters. The standard InChI is InChI=1S/C22H28N2O3/c1-21(2,3)15-6-4-5-13(7-15)18-16-10-24(11-17(16)18)19(25)14-8-22(9-14)12-27-20(26)23-22/h4-7,14,16-18H,8-12H2,1-3H3,(H,23,26)/t14?,16-,17+,18+,22?. The third kappa shape index (κ3) is 2.74. The van der Waals surface area contributed by atoms with Gasteiger partial charge in [0, 0.05) is 19.0 Å². The molecule has 2 aliphatic heterocycles. The SMILES string of the molecule is CC(C)(C)c1cccc([C@H]2[C@@H]3CN(C(=O)C4CC5(COC(=O)N5)C4)C[C@@H]32)c1. The number of ether oxygens (including phenoxy) is 1. The quantitative estimate of drug-likeness (QED) is 0.873. The Morgan fingerprint density at radius 3 is 2.52 bits per heavy atom. The van der Waals surface area contributed by atoms with Crippen LogP contribution in [0.4, 0.5) is 4.79 Å². The number of rotatable bonds is 2. The molecule has 0 bridgehead atoms. The predicted molar refractivity (Wildman–Crippen MR) is 101 cm³/mol. The van der Waals surface area contributed by atoms with Gasteiger partial charge in [-0.15, -0.1) is 0 Å². The van der Waals surface area contributed by atoms with Crippen LogP contribution in [0.15, 0.2) is 24.3 Å². The lowest BCUT2D eigenvalue weighted by Gasteiger charge is -2.43. The molecule has 0 aromatic heterocycles. The van der Waals surface area contributed by atoms with E-state index in [1.54, 1.807) is 0 Å². The normalized spacial score (nSPS) is 36.9. The van der Waals surface area contributed by atoms with Crippen molar-refractivity contribution in [1.82, 2.24) is 10.2 Å². The molecule has 0 radical (unpaired) electrons. The summed E-state index contributed by atoms with van der Waals surface area (Å²) in [5.41, 5.74) is 2.73. The second kappa shape index (κ2) is 5.49. The van der Waals surface area contributed by atoms with E-state index in [2.05, 4.69) is 55.3 Å². The van der Waals surface area contributed by atoms with Gasteiger partial charge in [-0.2, -0.15) is 0 Å². The van der Waals surface area contributed by atoms with Gasteiger partial charge in [0.25, 0.3) is 0 Å². The fourth-order valence-corrected chi connectivity index (χ4v) is 5.44. The van der Waals surface area contributed by atoms with Crippen molar-refractivity contribution in [3.05, 3.63) is 35.4 Å². The number of hydrogen-bond donors (Lipinski definition) is 1. The molecular formula is C22H28N2O3. The number of amides is 2. The minimum Gasteiger partial charge on any atom is -0.447 e. The number of carbonyl (C=O) groups is 2. The van der Waals surface area contributed by atoms with E-state index in [0.29, 0.717) is 24.4 Å². The lowest BCUT2D eigenvalue weighted by atomic mass is 9.68. The highest BCUT2D eigenvalue weighted by atomic mass is 16.6. The van der Waals surface area contributed by atoms with Gasteiger partial charge < -0.3 is 15.0 Å². The van der Waals surface area contributed by atoms with Crippen molar-refractivity contribution >= 4 is 12.0 Å². The zero-order chi connectivity index (χ0) is 19.0. The van der Waals surface area contributed by atoms with Crippen LogP contribution in [0.5, 0.6) is 0 Å². The molecule has 1 spiro atoms. The molecule has 5 rings (SSSR count). The van der Waals surface area contributed by atoms with Crippen LogP contribution in [0, 0.1) is 17.8 Å². The van der Waals surface area contributed by atoms with Gasteiger partial charge in [0.1, 0.15) is 6.61 Å². The van der Waals surface area contributed by atoms with Crippen molar-refractivity contribution in [3.63, 3.8) is 0 Å². The van der Waals surface area contributed by atoms with Gasteiger partial charge in [-0.05, 0) is 47.1 Å². The highest BCUT2D eigenvalue weighted by Gasteiger charge is 2.59. The smallest absolute Gasteiger partial charge is 0.407 e. The fraction of sp³-hybridized carbons (Fsp3) is 0.636. The summed E-state index contributed by atoms with van der Waals surface area (Å²) in [5, 5.41) is 2.87. The molecule has 1 aromatic carbocycles. The number of nitrogens with one attached hydrogen (secondary N) is 1. The molecule has 5 nitrogen and oxygen atoms in total. The number of alkyl carbamates (subject to hydrolysis) is 1. The first-order chi connectivity index (χ1) is 12.8. The van der Waals surface area contributed by atoms with Crippen LogP contribution in [0.25, 0.3) is 0 Å². The molecule has 4 fully saturated rings. The van der Waals surface area contributed by atoms with Crippen LogP contribution in [0.3, 0.4) is 0 Å². The third-order valence-corrected chi connectivity index (χ3v) is 7.11. The maximum atomic E-state index is 12.8. The predicted octanol–water partition coefficient (Wildman–Crippen LogP) is 3.04. The number of carbonyl (C=O) groups excluding carboxylic acids is 2. The lowest BCUT2D eigenvalue weighted by molar-refractivity contribution is -0.140. The zero-order valence-electron chi connectivity index (χ0n) is 16.3. The number of hydrogen-bond acceptors (Lipinski definition) is 3. The Morgan fingerprint density at radius 2 is 1.93 bits per heavy atom. The van der Waals surface area contributed by atoms with Crippen LogP contribution in [0.2, 0.25) is 0 Å². The minimum absolute atomic E-state index is 0.0483. The van der Waals surface area contributed by atoms with Crippen LogP contribution in [0.1, 0.15) is 50.7 Å². The van der Waals surface area contributed by atoms with E-state index in [0.717, 1.165) is 25.9 Å². The Bertz CT molecular complexity index is 794. The molecular weight excluding hydrogens is 340 g/mol. The number of cyclic esters (lactones) is 1. The van der Waals surface area contributed by atoms with E-state index in [-0.39, 0.29) is 28.9 Å². The maximum absolute atomic E-state index is 12.8. The average molecular weight is 368 g/mol. The molecule has 0 unspecified atom stereocenters. The molecule has 2 aliphatic carbocycles. The molecule has 5 heteroatoms.